The Morgan fingerprint density at radius 3 is 2.62 bits per heavy atom. The van der Waals surface area contributed by atoms with Crippen LogP contribution in [0.5, 0.6) is 0 Å². The third-order valence-electron chi connectivity index (χ3n) is 3.53. The number of fused-ring (bicyclic) bond motifs is 1. The topological polar surface area (TPSA) is 26.0 Å². The molecule has 1 atom stereocenters. The lowest BCUT2D eigenvalue weighted by Crippen LogP contribution is -2.25. The molecular weight excluding hydrogens is 321 g/mol. The van der Waals surface area contributed by atoms with Crippen molar-refractivity contribution in [3.05, 3.63) is 69.0 Å². The zero-order chi connectivity index (χ0) is 14.8. The molecule has 0 radical (unpaired) electrons. The van der Waals surface area contributed by atoms with Crippen molar-refractivity contribution in [2.45, 2.75) is 18.9 Å². The summed E-state index contributed by atoms with van der Waals surface area (Å²) in [5.41, 5.74) is 8.75. The summed E-state index contributed by atoms with van der Waals surface area (Å²) in [6.07, 6.45) is 1.66. The molecule has 21 heavy (non-hydrogen) atoms. The normalized spacial score (nSPS) is 12.7. The van der Waals surface area contributed by atoms with Gasteiger partial charge >= 0.3 is 0 Å². The van der Waals surface area contributed by atoms with Crippen molar-refractivity contribution >= 4 is 44.6 Å². The zero-order valence-corrected chi connectivity index (χ0v) is 13.7. The van der Waals surface area contributed by atoms with Gasteiger partial charge in [-0.25, -0.2) is 0 Å². The summed E-state index contributed by atoms with van der Waals surface area (Å²) in [5.74, 6) is 0. The van der Waals surface area contributed by atoms with Crippen LogP contribution >= 0.6 is 34.5 Å². The van der Waals surface area contributed by atoms with Crippen LogP contribution in [0, 0.1) is 0 Å². The van der Waals surface area contributed by atoms with Gasteiger partial charge in [0.2, 0.25) is 0 Å². The maximum atomic E-state index is 6.30. The van der Waals surface area contributed by atoms with E-state index in [2.05, 4.69) is 29.6 Å². The van der Waals surface area contributed by atoms with Crippen LogP contribution in [0.4, 0.5) is 0 Å². The lowest BCUT2D eigenvalue weighted by atomic mass is 9.99. The van der Waals surface area contributed by atoms with Gasteiger partial charge in [-0.3, -0.25) is 0 Å². The molecule has 0 bridgehead atoms. The van der Waals surface area contributed by atoms with E-state index in [-0.39, 0.29) is 6.04 Å². The van der Waals surface area contributed by atoms with E-state index < -0.39 is 0 Å². The molecule has 0 saturated heterocycles. The quantitative estimate of drug-likeness (QED) is 0.685. The van der Waals surface area contributed by atoms with Gasteiger partial charge in [0.25, 0.3) is 0 Å². The Bertz CT molecular complexity index is 766. The van der Waals surface area contributed by atoms with E-state index in [9.17, 15) is 0 Å². The Morgan fingerprint density at radius 2 is 1.81 bits per heavy atom. The first-order valence-electron chi connectivity index (χ1n) is 6.78. The molecule has 108 valence electrons. The lowest BCUT2D eigenvalue weighted by Gasteiger charge is -2.12. The van der Waals surface area contributed by atoms with E-state index in [0.29, 0.717) is 10.0 Å². The summed E-state index contributed by atoms with van der Waals surface area (Å²) in [4.78, 5) is 0. The largest absolute Gasteiger partial charge is 0.327 e. The molecule has 3 rings (SSSR count). The minimum absolute atomic E-state index is 0.0697. The molecule has 2 N–H and O–H groups in total. The van der Waals surface area contributed by atoms with Gasteiger partial charge in [0.1, 0.15) is 0 Å². The fraction of sp³-hybridized carbons (Fsp3) is 0.176. The Labute approximate surface area is 138 Å². The highest BCUT2D eigenvalue weighted by Gasteiger charge is 2.10. The fourth-order valence-electron chi connectivity index (χ4n) is 2.51. The van der Waals surface area contributed by atoms with Crippen molar-refractivity contribution in [3.8, 4) is 0 Å². The molecule has 0 aliphatic heterocycles. The molecule has 0 aliphatic carbocycles. The monoisotopic (exact) mass is 335 g/mol. The number of hydrogen-bond donors (Lipinski definition) is 1. The second-order valence-electron chi connectivity index (χ2n) is 5.17. The molecule has 0 spiro atoms. The standard InChI is InChI=1S/C17H15Cl2NS/c18-15-6-5-11(8-16(15)19)7-13(20)9-12-10-21-17-4-2-1-3-14(12)17/h1-6,8,10,13H,7,9,20H2. The summed E-state index contributed by atoms with van der Waals surface area (Å²) in [6.45, 7) is 0. The van der Waals surface area contributed by atoms with Crippen molar-refractivity contribution in [2.24, 2.45) is 5.73 Å². The zero-order valence-electron chi connectivity index (χ0n) is 11.4. The van der Waals surface area contributed by atoms with E-state index in [0.717, 1.165) is 18.4 Å². The highest BCUT2D eigenvalue weighted by Crippen LogP contribution is 2.27. The summed E-state index contributed by atoms with van der Waals surface area (Å²) >= 11 is 13.8. The molecule has 0 fully saturated rings. The molecule has 4 heteroatoms. The van der Waals surface area contributed by atoms with Gasteiger partial charge in [-0.05, 0) is 52.9 Å². The lowest BCUT2D eigenvalue weighted by molar-refractivity contribution is 0.668. The van der Waals surface area contributed by atoms with E-state index in [4.69, 9.17) is 28.9 Å². The fourth-order valence-corrected chi connectivity index (χ4v) is 3.81. The smallest absolute Gasteiger partial charge is 0.0595 e. The van der Waals surface area contributed by atoms with Crippen LogP contribution in [0.25, 0.3) is 10.1 Å². The third kappa shape index (κ3) is 3.41. The van der Waals surface area contributed by atoms with Gasteiger partial charge in [-0.1, -0.05) is 47.5 Å². The Kier molecular flexibility index (Phi) is 4.51. The first-order chi connectivity index (χ1) is 10.1. The van der Waals surface area contributed by atoms with Gasteiger partial charge in [0.15, 0.2) is 0 Å². The van der Waals surface area contributed by atoms with Crippen molar-refractivity contribution in [1.29, 1.82) is 0 Å². The average Bonchev–Trinajstić information content (AvgIpc) is 2.86. The number of rotatable bonds is 4. The van der Waals surface area contributed by atoms with Gasteiger partial charge in [-0.15, -0.1) is 11.3 Å². The number of benzene rings is 2. The first-order valence-corrected chi connectivity index (χ1v) is 8.41. The molecule has 1 heterocycles. The van der Waals surface area contributed by atoms with Crippen molar-refractivity contribution in [2.75, 3.05) is 0 Å². The van der Waals surface area contributed by atoms with E-state index in [1.807, 2.05) is 18.2 Å². The minimum Gasteiger partial charge on any atom is -0.327 e. The predicted molar refractivity (Wildman–Crippen MR) is 93.7 cm³/mol. The summed E-state index contributed by atoms with van der Waals surface area (Å²) < 4.78 is 1.31. The Hall–Kier alpha value is -1.06. The molecular formula is C17H15Cl2NS. The second-order valence-corrected chi connectivity index (χ2v) is 6.90. The van der Waals surface area contributed by atoms with Gasteiger partial charge < -0.3 is 5.73 Å². The highest BCUT2D eigenvalue weighted by molar-refractivity contribution is 7.17. The number of thiophene rings is 1. The Morgan fingerprint density at radius 1 is 1.00 bits per heavy atom. The van der Waals surface area contributed by atoms with E-state index in [1.165, 1.54) is 15.6 Å². The highest BCUT2D eigenvalue weighted by atomic mass is 35.5. The molecule has 2 aromatic carbocycles. The molecule has 0 aliphatic rings. The van der Waals surface area contributed by atoms with Gasteiger partial charge in [-0.2, -0.15) is 0 Å². The van der Waals surface area contributed by atoms with Crippen LogP contribution in [0.2, 0.25) is 10.0 Å². The number of halogens is 2. The van der Waals surface area contributed by atoms with Crippen LogP contribution in [0.3, 0.4) is 0 Å². The number of hydrogen-bond acceptors (Lipinski definition) is 2. The van der Waals surface area contributed by atoms with Crippen molar-refractivity contribution < 1.29 is 0 Å². The SMILES string of the molecule is NC(Cc1ccc(Cl)c(Cl)c1)Cc1csc2ccccc12. The molecule has 1 unspecified atom stereocenters. The van der Waals surface area contributed by atoms with Crippen LogP contribution in [-0.4, -0.2) is 6.04 Å². The molecule has 1 nitrogen and oxygen atoms in total. The van der Waals surface area contributed by atoms with Crippen LogP contribution in [0.1, 0.15) is 11.1 Å². The maximum Gasteiger partial charge on any atom is 0.0595 e. The summed E-state index contributed by atoms with van der Waals surface area (Å²) in [6, 6.07) is 14.2. The summed E-state index contributed by atoms with van der Waals surface area (Å²) in [7, 11) is 0. The number of nitrogens with two attached hydrogens (primary N) is 1. The molecule has 0 saturated carbocycles. The molecule has 1 aromatic heterocycles. The minimum atomic E-state index is 0.0697. The molecule has 0 amide bonds. The van der Waals surface area contributed by atoms with E-state index >= 15 is 0 Å². The Balaban J connectivity index is 1.74. The van der Waals surface area contributed by atoms with Crippen molar-refractivity contribution in [1.82, 2.24) is 0 Å². The first kappa shape index (κ1) is 14.9. The average molecular weight is 336 g/mol. The second kappa shape index (κ2) is 6.37. The van der Waals surface area contributed by atoms with Crippen LogP contribution in [-0.2, 0) is 12.8 Å². The van der Waals surface area contributed by atoms with Crippen LogP contribution < -0.4 is 5.73 Å². The third-order valence-corrected chi connectivity index (χ3v) is 5.28. The van der Waals surface area contributed by atoms with Gasteiger partial charge in [0.05, 0.1) is 10.0 Å². The van der Waals surface area contributed by atoms with Crippen LogP contribution in [0.15, 0.2) is 47.8 Å². The molecule has 3 aromatic rings. The predicted octanol–water partition coefficient (Wildman–Crippen LogP) is 5.32. The maximum absolute atomic E-state index is 6.30. The van der Waals surface area contributed by atoms with Crippen molar-refractivity contribution in [3.63, 3.8) is 0 Å². The van der Waals surface area contributed by atoms with E-state index in [1.54, 1.807) is 11.3 Å². The summed E-state index contributed by atoms with van der Waals surface area (Å²) in [5, 5.41) is 4.69. The van der Waals surface area contributed by atoms with Gasteiger partial charge in [0, 0.05) is 10.7 Å².